The van der Waals surface area contributed by atoms with Gasteiger partial charge in [0.15, 0.2) is 0 Å². The van der Waals surface area contributed by atoms with Crippen LogP contribution in [-0.2, 0) is 0 Å². The average Bonchev–Trinajstić information content (AvgIpc) is 3.62. The number of fused-ring (bicyclic) bond motifs is 4. The fourth-order valence-corrected chi connectivity index (χ4v) is 15.2. The van der Waals surface area contributed by atoms with Gasteiger partial charge in [-0.3, -0.25) is 0 Å². The highest BCUT2D eigenvalue weighted by Crippen LogP contribution is 2.49. The second-order valence-electron chi connectivity index (χ2n) is 23.6. The van der Waals surface area contributed by atoms with Gasteiger partial charge in [0.05, 0.1) is 6.04 Å². The van der Waals surface area contributed by atoms with Gasteiger partial charge < -0.3 is 9.80 Å². The summed E-state index contributed by atoms with van der Waals surface area (Å²) < 4.78 is 0. The number of allylic oxidation sites excluding steroid dienone is 29. The maximum atomic E-state index is 2.73. The number of benzene rings is 4. The van der Waals surface area contributed by atoms with E-state index in [9.17, 15) is 0 Å². The first-order chi connectivity index (χ1) is 39.7. The highest BCUT2D eigenvalue weighted by atomic mass is 15.2. The molecule has 0 fully saturated rings. The summed E-state index contributed by atoms with van der Waals surface area (Å²) in [5, 5.41) is 5.45. The highest BCUT2D eigenvalue weighted by Gasteiger charge is 2.36. The van der Waals surface area contributed by atoms with E-state index in [2.05, 4.69) is 259 Å². The molecule has 10 aliphatic carbocycles. The van der Waals surface area contributed by atoms with E-state index in [1.807, 2.05) is 0 Å². The summed E-state index contributed by atoms with van der Waals surface area (Å²) >= 11 is 0. The molecule has 10 aliphatic rings. The van der Waals surface area contributed by atoms with Crippen LogP contribution < -0.4 is 10.4 Å². The van der Waals surface area contributed by atoms with Crippen molar-refractivity contribution in [2.75, 3.05) is 0 Å². The summed E-state index contributed by atoms with van der Waals surface area (Å²) in [6.07, 6.45) is 77.0. The van der Waals surface area contributed by atoms with Crippen LogP contribution in [0.4, 0.5) is 0 Å². The zero-order valence-electron chi connectivity index (χ0n) is 46.3. The number of hydrogen-bond donors (Lipinski definition) is 0. The number of hydrogen-bond acceptors (Lipinski definition) is 2. The molecule has 0 saturated carbocycles. The van der Waals surface area contributed by atoms with Crippen molar-refractivity contribution >= 4 is 28.6 Å². The van der Waals surface area contributed by atoms with Crippen LogP contribution in [-0.4, -0.2) is 9.80 Å². The molecule has 0 radical (unpaired) electrons. The summed E-state index contributed by atoms with van der Waals surface area (Å²) in [4.78, 5) is 5.33. The molecule has 396 valence electrons. The third-order valence-corrected chi connectivity index (χ3v) is 19.1. The average molecular weight is 1040 g/mol. The maximum absolute atomic E-state index is 2.73. The van der Waals surface area contributed by atoms with Gasteiger partial charge in [0.25, 0.3) is 0 Å². The minimum atomic E-state index is 0.241. The summed E-state index contributed by atoms with van der Waals surface area (Å²) in [6.45, 7) is 0. The topological polar surface area (TPSA) is 6.48 Å². The van der Waals surface area contributed by atoms with Gasteiger partial charge in [0.1, 0.15) is 0 Å². The van der Waals surface area contributed by atoms with Gasteiger partial charge in [0.2, 0.25) is 0 Å². The number of nitrogens with zero attached hydrogens (tertiary/aromatic N) is 2. The Balaban J connectivity index is 0.766. The monoisotopic (exact) mass is 1040 g/mol. The van der Waals surface area contributed by atoms with Crippen LogP contribution in [0.1, 0.15) is 112 Å². The summed E-state index contributed by atoms with van der Waals surface area (Å²) in [5.74, 6) is 2.37. The number of rotatable bonds is 13. The molecule has 0 N–H and O–H groups in total. The standard InChI is InChI=1S/C78H74N2/c1-3-23-61(24-4-1)77(73-35-15-25-57-19-7-11-31-69(57)73)63-45-53-68(54-46-63)80(76-38-18-28-60-22-10-14-34-72(60)76)66-49-43-56(44-50-66)55-39-41-62(42-40-55)78(74-36-16-26-58-20-8-12-32-70(58)74)64-47-51-67(52-48-64)79(65-29-5-2-6-30-65)75-37-17-27-59-21-9-13-33-71(59)75/h1,3-5,7-16,18-23,25,27-36,39,41,43,45,47,49,51-54,58,61,63-64,76-78H,2,6,17,24,26,37-38,40,42,44,46,48,50H2. The fourth-order valence-electron chi connectivity index (χ4n) is 15.2. The molecule has 0 heterocycles. The molecule has 0 spiro atoms. The molecule has 0 bridgehead atoms. The molecule has 2 heteroatoms. The fraction of sp³-hybridized carbons (Fsp3) is 0.256. The Labute approximate surface area is 475 Å². The summed E-state index contributed by atoms with van der Waals surface area (Å²) in [5.41, 5.74) is 18.7. The van der Waals surface area contributed by atoms with Gasteiger partial charge in [-0.25, -0.2) is 0 Å². The van der Waals surface area contributed by atoms with E-state index in [1.165, 1.54) is 88.7 Å². The third kappa shape index (κ3) is 9.86. The largest absolute Gasteiger partial charge is 0.338 e. The Bertz CT molecular complexity index is 3800. The van der Waals surface area contributed by atoms with Gasteiger partial charge in [-0.05, 0) is 186 Å². The van der Waals surface area contributed by atoms with Crippen LogP contribution in [0.25, 0.3) is 28.6 Å². The van der Waals surface area contributed by atoms with E-state index >= 15 is 0 Å². The van der Waals surface area contributed by atoms with Crippen LogP contribution in [0.15, 0.2) is 287 Å². The van der Waals surface area contributed by atoms with E-state index in [0.29, 0.717) is 35.5 Å². The van der Waals surface area contributed by atoms with Crippen molar-refractivity contribution in [1.29, 1.82) is 0 Å². The Kier molecular flexibility index (Phi) is 14.2. The summed E-state index contributed by atoms with van der Waals surface area (Å²) in [7, 11) is 0. The molecule has 80 heavy (non-hydrogen) atoms. The van der Waals surface area contributed by atoms with Gasteiger partial charge >= 0.3 is 0 Å². The third-order valence-electron chi connectivity index (χ3n) is 19.1. The molecule has 0 amide bonds. The Hall–Kier alpha value is -7.94. The van der Waals surface area contributed by atoms with Crippen molar-refractivity contribution in [3.8, 4) is 0 Å². The minimum Gasteiger partial charge on any atom is -0.338 e. The van der Waals surface area contributed by atoms with E-state index in [4.69, 9.17) is 0 Å². The highest BCUT2D eigenvalue weighted by molar-refractivity contribution is 5.86. The minimum absolute atomic E-state index is 0.241. The first-order valence-electron chi connectivity index (χ1n) is 30.3. The lowest BCUT2D eigenvalue weighted by Gasteiger charge is -2.41. The van der Waals surface area contributed by atoms with E-state index in [1.54, 1.807) is 5.57 Å². The molecule has 0 saturated heterocycles. The lowest BCUT2D eigenvalue weighted by atomic mass is 9.69. The SMILES string of the molecule is C1=CCC(C(c2cccc3ccccc23)C2C=CC(N(C3=CC=C(C4=CC=C(C(C5=C6C=CC=CC6CC=C5)C5C=CC(N(C6=CCCC=C6)C6=c7ccccc7=CCC6)=CC5)CC4)CC3)C3CC=Cc4ccccc43)=CC2)C=C1. The second kappa shape index (κ2) is 22.7. The van der Waals surface area contributed by atoms with Crippen molar-refractivity contribution in [3.05, 3.63) is 315 Å². The smallest absolute Gasteiger partial charge is 0.0628 e. The zero-order valence-corrected chi connectivity index (χ0v) is 46.3. The zero-order chi connectivity index (χ0) is 53.2. The van der Waals surface area contributed by atoms with Crippen LogP contribution in [0, 0.1) is 29.6 Å². The first kappa shape index (κ1) is 50.3. The molecule has 2 nitrogen and oxygen atoms in total. The Morgan fingerprint density at radius 1 is 0.475 bits per heavy atom. The van der Waals surface area contributed by atoms with Gasteiger partial charge in [-0.2, -0.15) is 0 Å². The van der Waals surface area contributed by atoms with Crippen molar-refractivity contribution in [2.24, 2.45) is 29.6 Å². The summed E-state index contributed by atoms with van der Waals surface area (Å²) in [6, 6.07) is 34.3. The lowest BCUT2D eigenvalue weighted by Crippen LogP contribution is -2.36. The molecule has 0 aromatic heterocycles. The van der Waals surface area contributed by atoms with Crippen molar-refractivity contribution in [2.45, 2.75) is 95.4 Å². The maximum Gasteiger partial charge on any atom is 0.0628 e. The second-order valence-corrected chi connectivity index (χ2v) is 23.6. The van der Waals surface area contributed by atoms with Crippen molar-refractivity contribution in [1.82, 2.24) is 9.80 Å². The van der Waals surface area contributed by atoms with Crippen LogP contribution in [0.5, 0.6) is 0 Å². The van der Waals surface area contributed by atoms with E-state index in [0.717, 1.165) is 83.5 Å². The van der Waals surface area contributed by atoms with Gasteiger partial charge in [0, 0.05) is 45.5 Å². The van der Waals surface area contributed by atoms with E-state index < -0.39 is 0 Å². The van der Waals surface area contributed by atoms with Gasteiger partial charge in [-0.15, -0.1) is 0 Å². The Morgan fingerprint density at radius 3 is 2.10 bits per heavy atom. The Morgan fingerprint density at radius 2 is 1.26 bits per heavy atom. The quantitative estimate of drug-likeness (QED) is 0.132. The van der Waals surface area contributed by atoms with Crippen LogP contribution in [0.3, 0.4) is 0 Å². The molecule has 0 aliphatic heterocycles. The molecule has 7 unspecified atom stereocenters. The molecule has 4 aromatic rings. The molecule has 14 rings (SSSR count). The molecule has 4 aromatic carbocycles. The van der Waals surface area contributed by atoms with Crippen molar-refractivity contribution < 1.29 is 0 Å². The van der Waals surface area contributed by atoms with Crippen LogP contribution >= 0.6 is 0 Å². The predicted molar refractivity (Wildman–Crippen MR) is 336 cm³/mol. The molecular weight excluding hydrogens is 965 g/mol. The predicted octanol–water partition coefficient (Wildman–Crippen LogP) is 18.2. The molecular formula is C78H74N2. The molecule has 7 atom stereocenters. The van der Waals surface area contributed by atoms with E-state index in [-0.39, 0.29) is 6.04 Å². The first-order valence-corrected chi connectivity index (χ1v) is 30.3. The van der Waals surface area contributed by atoms with Crippen molar-refractivity contribution in [3.63, 3.8) is 0 Å². The normalized spacial score (nSPS) is 25.2. The van der Waals surface area contributed by atoms with Gasteiger partial charge in [-0.1, -0.05) is 230 Å². The van der Waals surface area contributed by atoms with Crippen LogP contribution in [0.2, 0.25) is 0 Å². The lowest BCUT2D eigenvalue weighted by molar-refractivity contribution is 0.308.